The van der Waals surface area contributed by atoms with Crippen molar-refractivity contribution in [1.82, 2.24) is 0 Å². The molecule has 2 aromatic carbocycles. The summed E-state index contributed by atoms with van der Waals surface area (Å²) in [7, 11) is 0. The van der Waals surface area contributed by atoms with Gasteiger partial charge in [-0.05, 0) is 49.2 Å². The summed E-state index contributed by atoms with van der Waals surface area (Å²) in [6, 6.07) is 28.7. The highest BCUT2D eigenvalue weighted by molar-refractivity contribution is 7.16. The van der Waals surface area contributed by atoms with Gasteiger partial charge in [0.15, 0.2) is 0 Å². The van der Waals surface area contributed by atoms with Crippen molar-refractivity contribution in [2.45, 2.75) is 13.8 Å². The molecule has 0 atom stereocenters. The van der Waals surface area contributed by atoms with Crippen molar-refractivity contribution in [2.75, 3.05) is 18.0 Å². The zero-order valence-corrected chi connectivity index (χ0v) is 19.7. The molecular formula is C28H21N5S. The van der Waals surface area contributed by atoms with Crippen molar-refractivity contribution in [3.63, 3.8) is 0 Å². The first-order valence-electron chi connectivity index (χ1n) is 10.7. The number of anilines is 1. The Morgan fingerprint density at radius 1 is 0.706 bits per heavy atom. The summed E-state index contributed by atoms with van der Waals surface area (Å²) in [4.78, 5) is 3.86. The van der Waals surface area contributed by atoms with Crippen LogP contribution >= 0.6 is 11.3 Å². The second-order valence-electron chi connectivity index (χ2n) is 7.20. The summed E-state index contributed by atoms with van der Waals surface area (Å²) in [5.41, 5.74) is 3.03. The zero-order chi connectivity index (χ0) is 24.5. The maximum Gasteiger partial charge on any atom is 0.138 e. The third-order valence-electron chi connectivity index (χ3n) is 5.39. The van der Waals surface area contributed by atoms with Gasteiger partial charge in [-0.1, -0.05) is 42.5 Å². The maximum absolute atomic E-state index is 9.72. The Balaban J connectivity index is 2.18. The SMILES string of the molecule is CCN(CC)c1ccc(-c2ccc(C(=C(C#N)C#N)C(=C(C#N)C#N)c3ccccc3)s2)cc1. The Kier molecular flexibility index (Phi) is 7.99. The molecule has 3 rings (SSSR count). The van der Waals surface area contributed by atoms with Crippen LogP contribution in [-0.4, -0.2) is 13.1 Å². The lowest BCUT2D eigenvalue weighted by molar-refractivity contribution is 0.866. The molecule has 0 N–H and O–H groups in total. The Hall–Kier alpha value is -4.62. The molecule has 0 bridgehead atoms. The molecule has 164 valence electrons. The maximum atomic E-state index is 9.72. The molecule has 0 aliphatic carbocycles. The Bertz CT molecular complexity index is 1360. The second kappa shape index (κ2) is 11.3. The van der Waals surface area contributed by atoms with Crippen LogP contribution < -0.4 is 4.90 Å². The minimum atomic E-state index is -0.150. The Labute approximate surface area is 204 Å². The number of allylic oxidation sites excluding steroid dienone is 4. The fourth-order valence-electron chi connectivity index (χ4n) is 3.72. The van der Waals surface area contributed by atoms with Gasteiger partial charge in [-0.15, -0.1) is 11.3 Å². The van der Waals surface area contributed by atoms with Crippen LogP contribution in [0.2, 0.25) is 0 Å². The van der Waals surface area contributed by atoms with E-state index in [9.17, 15) is 21.0 Å². The van der Waals surface area contributed by atoms with Gasteiger partial charge in [-0.25, -0.2) is 0 Å². The van der Waals surface area contributed by atoms with Gasteiger partial charge in [-0.2, -0.15) is 21.0 Å². The lowest BCUT2D eigenvalue weighted by atomic mass is 9.90. The summed E-state index contributed by atoms with van der Waals surface area (Å²) in [5, 5.41) is 38.7. The van der Waals surface area contributed by atoms with Crippen molar-refractivity contribution < 1.29 is 0 Å². The van der Waals surface area contributed by atoms with Crippen LogP contribution in [0.5, 0.6) is 0 Å². The summed E-state index contributed by atoms with van der Waals surface area (Å²) < 4.78 is 0. The summed E-state index contributed by atoms with van der Waals surface area (Å²) in [5.74, 6) is 0. The highest BCUT2D eigenvalue weighted by Crippen LogP contribution is 2.41. The highest BCUT2D eigenvalue weighted by Gasteiger charge is 2.22. The fourth-order valence-corrected chi connectivity index (χ4v) is 4.79. The normalized spacial score (nSPS) is 9.59. The average Bonchev–Trinajstić information content (AvgIpc) is 3.38. The van der Waals surface area contributed by atoms with Gasteiger partial charge >= 0.3 is 0 Å². The Morgan fingerprint density at radius 3 is 1.79 bits per heavy atom. The molecule has 0 aliphatic rings. The average molecular weight is 460 g/mol. The first kappa shape index (κ1) is 24.0. The zero-order valence-electron chi connectivity index (χ0n) is 18.9. The topological polar surface area (TPSA) is 98.4 Å². The highest BCUT2D eigenvalue weighted by atomic mass is 32.1. The molecule has 0 saturated carbocycles. The molecule has 0 aliphatic heterocycles. The molecule has 1 heterocycles. The predicted molar refractivity (Wildman–Crippen MR) is 136 cm³/mol. The Morgan fingerprint density at radius 2 is 1.26 bits per heavy atom. The van der Waals surface area contributed by atoms with Crippen molar-refractivity contribution in [2.24, 2.45) is 0 Å². The van der Waals surface area contributed by atoms with E-state index in [4.69, 9.17) is 0 Å². The van der Waals surface area contributed by atoms with Gasteiger partial charge in [0, 0.05) is 39.7 Å². The van der Waals surface area contributed by atoms with Crippen LogP contribution in [0.15, 0.2) is 77.9 Å². The number of rotatable bonds is 7. The van der Waals surface area contributed by atoms with E-state index < -0.39 is 0 Å². The molecule has 0 unspecified atom stereocenters. The number of hydrogen-bond donors (Lipinski definition) is 0. The lowest BCUT2D eigenvalue weighted by Gasteiger charge is -2.21. The van der Waals surface area contributed by atoms with E-state index in [0.29, 0.717) is 16.0 Å². The molecule has 34 heavy (non-hydrogen) atoms. The monoisotopic (exact) mass is 459 g/mol. The molecule has 0 radical (unpaired) electrons. The number of benzene rings is 2. The van der Waals surface area contributed by atoms with E-state index in [1.165, 1.54) is 11.3 Å². The molecule has 0 spiro atoms. The van der Waals surface area contributed by atoms with Crippen LogP contribution in [0.25, 0.3) is 21.6 Å². The minimum absolute atomic E-state index is 0.146. The van der Waals surface area contributed by atoms with E-state index in [1.807, 2.05) is 54.6 Å². The van der Waals surface area contributed by atoms with Gasteiger partial charge in [0.2, 0.25) is 0 Å². The molecule has 0 amide bonds. The van der Waals surface area contributed by atoms with Gasteiger partial charge < -0.3 is 4.90 Å². The first-order valence-corrected chi connectivity index (χ1v) is 11.5. The fraction of sp³-hybridized carbons (Fsp3) is 0.143. The second-order valence-corrected chi connectivity index (χ2v) is 8.28. The van der Waals surface area contributed by atoms with Crippen molar-refractivity contribution in [1.29, 1.82) is 21.0 Å². The van der Waals surface area contributed by atoms with E-state index in [0.717, 1.165) is 29.2 Å². The predicted octanol–water partition coefficient (Wildman–Crippen LogP) is 6.56. The van der Waals surface area contributed by atoms with Crippen LogP contribution in [0.1, 0.15) is 24.3 Å². The van der Waals surface area contributed by atoms with Crippen molar-refractivity contribution in [3.05, 3.63) is 88.3 Å². The van der Waals surface area contributed by atoms with E-state index in [2.05, 4.69) is 30.9 Å². The third-order valence-corrected chi connectivity index (χ3v) is 6.54. The number of hydrogen-bond acceptors (Lipinski definition) is 6. The number of nitrogens with zero attached hydrogens (tertiary/aromatic N) is 5. The van der Waals surface area contributed by atoms with Crippen LogP contribution in [0.4, 0.5) is 5.69 Å². The van der Waals surface area contributed by atoms with Crippen molar-refractivity contribution in [3.8, 4) is 34.7 Å². The van der Waals surface area contributed by atoms with Gasteiger partial charge in [0.1, 0.15) is 35.4 Å². The van der Waals surface area contributed by atoms with Crippen LogP contribution in [0.3, 0.4) is 0 Å². The number of nitriles is 4. The van der Waals surface area contributed by atoms with Crippen LogP contribution in [-0.2, 0) is 0 Å². The quantitative estimate of drug-likeness (QED) is 0.294. The smallest absolute Gasteiger partial charge is 0.138 e. The standard InChI is InChI=1S/C28H21N5S/c1-3-33(4-2)24-12-10-20(11-13-24)25-14-15-26(34-25)28(23(18-31)19-32)27(22(16-29)17-30)21-8-6-5-7-9-21/h5-15H,3-4H2,1-2H3. The van der Waals surface area contributed by atoms with E-state index in [-0.39, 0.29) is 16.7 Å². The minimum Gasteiger partial charge on any atom is -0.372 e. The van der Waals surface area contributed by atoms with Crippen molar-refractivity contribution >= 4 is 28.2 Å². The molecule has 0 fully saturated rings. The lowest BCUT2D eigenvalue weighted by Crippen LogP contribution is -2.21. The summed E-state index contributed by atoms with van der Waals surface area (Å²) >= 11 is 1.41. The number of thiophene rings is 1. The van der Waals surface area contributed by atoms with Crippen LogP contribution in [0, 0.1) is 45.3 Å². The van der Waals surface area contributed by atoms with Gasteiger partial charge in [-0.3, -0.25) is 0 Å². The molecule has 5 nitrogen and oxygen atoms in total. The van der Waals surface area contributed by atoms with Gasteiger partial charge in [0.05, 0.1) is 0 Å². The molecule has 6 heteroatoms. The van der Waals surface area contributed by atoms with E-state index >= 15 is 0 Å². The third kappa shape index (κ3) is 4.90. The van der Waals surface area contributed by atoms with E-state index in [1.54, 1.807) is 24.3 Å². The molecule has 1 aromatic heterocycles. The molecule has 0 saturated heterocycles. The largest absolute Gasteiger partial charge is 0.372 e. The molecule has 3 aromatic rings. The summed E-state index contributed by atoms with van der Waals surface area (Å²) in [6.45, 7) is 6.08. The first-order chi connectivity index (χ1) is 16.6. The summed E-state index contributed by atoms with van der Waals surface area (Å²) in [6.07, 6.45) is 0. The molecular weight excluding hydrogens is 438 g/mol. The van der Waals surface area contributed by atoms with Gasteiger partial charge in [0.25, 0.3) is 0 Å².